The highest BCUT2D eigenvalue weighted by atomic mass is 32.2. The summed E-state index contributed by atoms with van der Waals surface area (Å²) in [5.74, 6) is 1.79. The van der Waals surface area contributed by atoms with Crippen LogP contribution in [0.25, 0.3) is 0 Å². The Morgan fingerprint density at radius 2 is 1.84 bits per heavy atom. The molecule has 5 heteroatoms. The minimum Gasteiger partial charge on any atom is -0.393 e. The fourth-order valence-corrected chi connectivity index (χ4v) is 9.24. The van der Waals surface area contributed by atoms with Crippen LogP contribution in [0.1, 0.15) is 73.1 Å². The van der Waals surface area contributed by atoms with Crippen LogP contribution in [0, 0.1) is 28.6 Å². The van der Waals surface area contributed by atoms with Gasteiger partial charge >= 0.3 is 0 Å². The quantitative estimate of drug-likeness (QED) is 0.508. The second-order valence-corrected chi connectivity index (χ2v) is 13.4. The Bertz CT molecular complexity index is 755. The molecule has 0 heterocycles. The molecular formula is C26H42O4S. The van der Waals surface area contributed by atoms with E-state index in [1.54, 1.807) is 0 Å². The van der Waals surface area contributed by atoms with Crippen molar-refractivity contribution in [3.05, 3.63) is 23.3 Å². The van der Waals surface area contributed by atoms with Gasteiger partial charge in [0.25, 0.3) is 0 Å². The smallest absolute Gasteiger partial charge is 0.0661 e. The molecule has 3 saturated carbocycles. The highest BCUT2D eigenvalue weighted by Gasteiger charge is 2.61. The third kappa shape index (κ3) is 3.97. The van der Waals surface area contributed by atoms with Gasteiger partial charge in [-0.2, -0.15) is 11.8 Å². The van der Waals surface area contributed by atoms with E-state index in [9.17, 15) is 20.4 Å². The number of thioether (sulfide) groups is 1. The Balaban J connectivity index is 1.57. The first kappa shape index (κ1) is 23.8. The van der Waals surface area contributed by atoms with E-state index in [4.69, 9.17) is 0 Å². The van der Waals surface area contributed by atoms with Crippen LogP contribution in [-0.4, -0.2) is 55.3 Å². The second kappa shape index (κ2) is 8.16. The minimum atomic E-state index is -0.647. The van der Waals surface area contributed by atoms with Crippen molar-refractivity contribution in [2.45, 2.75) is 102 Å². The minimum absolute atomic E-state index is 0.0593. The predicted octanol–water partition coefficient (Wildman–Crippen LogP) is 4.07. The first-order valence-corrected chi connectivity index (χ1v) is 13.2. The van der Waals surface area contributed by atoms with Crippen molar-refractivity contribution in [1.82, 2.24) is 0 Å². The van der Waals surface area contributed by atoms with Crippen molar-refractivity contribution in [3.63, 3.8) is 0 Å². The summed E-state index contributed by atoms with van der Waals surface area (Å²) >= 11 is 1.89. The molecule has 9 atom stereocenters. The number of hydrogen-bond donors (Lipinski definition) is 4. The molecule has 0 radical (unpaired) electrons. The number of hydrogen-bond acceptors (Lipinski definition) is 5. The monoisotopic (exact) mass is 450 g/mol. The topological polar surface area (TPSA) is 80.9 Å². The normalized spacial score (nSPS) is 45.8. The van der Waals surface area contributed by atoms with Gasteiger partial charge < -0.3 is 20.4 Å². The summed E-state index contributed by atoms with van der Waals surface area (Å²) in [5, 5.41) is 42.8. The maximum Gasteiger partial charge on any atom is 0.0661 e. The lowest BCUT2D eigenvalue weighted by Gasteiger charge is -2.56. The second-order valence-electron chi connectivity index (χ2n) is 11.9. The molecule has 4 rings (SSSR count). The van der Waals surface area contributed by atoms with Crippen molar-refractivity contribution >= 4 is 11.8 Å². The first-order chi connectivity index (χ1) is 14.4. The van der Waals surface area contributed by atoms with E-state index in [1.807, 2.05) is 25.6 Å². The van der Waals surface area contributed by atoms with Crippen molar-refractivity contribution < 1.29 is 20.4 Å². The third-order valence-corrected chi connectivity index (χ3v) is 10.6. The van der Waals surface area contributed by atoms with Crippen molar-refractivity contribution in [1.29, 1.82) is 0 Å². The molecule has 0 bridgehead atoms. The van der Waals surface area contributed by atoms with Crippen LogP contribution < -0.4 is 0 Å². The standard InChI is InChI=1S/C26H42O4S/c1-15(31-11-10-24(2,3)30)23-21(28)14-20-18-7-6-16-12-17(27)13-22(29)26(16,5)19(18)8-9-25(20,23)4/h6-7,15,17,19-23,27-30H,8-14H2,1-5H3/t15?,17-,19+,20+,21-,22+,23+,25+,26+/m1/s1. The Morgan fingerprint density at radius 1 is 1.13 bits per heavy atom. The van der Waals surface area contributed by atoms with Crippen LogP contribution in [0.2, 0.25) is 0 Å². The fraction of sp³-hybridized carbons (Fsp3) is 0.846. The summed E-state index contributed by atoms with van der Waals surface area (Å²) in [6.45, 7) is 10.6. The van der Waals surface area contributed by atoms with Crippen LogP contribution in [0.4, 0.5) is 0 Å². The lowest BCUT2D eigenvalue weighted by molar-refractivity contribution is -0.0534. The highest BCUT2D eigenvalue weighted by molar-refractivity contribution is 7.99. The molecule has 3 fully saturated rings. The third-order valence-electron chi connectivity index (χ3n) is 9.36. The van der Waals surface area contributed by atoms with Gasteiger partial charge in [-0.3, -0.25) is 0 Å². The molecular weight excluding hydrogens is 408 g/mol. The number of aliphatic hydroxyl groups excluding tert-OH is 3. The van der Waals surface area contributed by atoms with Gasteiger partial charge in [0.1, 0.15) is 0 Å². The zero-order valence-corrected chi connectivity index (χ0v) is 20.7. The number of allylic oxidation sites excluding steroid dienone is 3. The summed E-state index contributed by atoms with van der Waals surface area (Å²) in [7, 11) is 0. The maximum absolute atomic E-state index is 11.2. The van der Waals surface area contributed by atoms with Gasteiger partial charge in [-0.25, -0.2) is 0 Å². The zero-order chi connectivity index (χ0) is 22.8. The summed E-state index contributed by atoms with van der Waals surface area (Å²) in [4.78, 5) is 0. The van der Waals surface area contributed by atoms with Crippen molar-refractivity contribution in [3.8, 4) is 0 Å². The molecule has 31 heavy (non-hydrogen) atoms. The van der Waals surface area contributed by atoms with Gasteiger partial charge in [-0.15, -0.1) is 0 Å². The Morgan fingerprint density at radius 3 is 2.52 bits per heavy atom. The van der Waals surface area contributed by atoms with E-state index in [0.717, 1.165) is 31.4 Å². The lowest BCUT2D eigenvalue weighted by atomic mass is 9.49. The lowest BCUT2D eigenvalue weighted by Crippen LogP contribution is -2.52. The van der Waals surface area contributed by atoms with Crippen molar-refractivity contribution in [2.24, 2.45) is 28.6 Å². The van der Waals surface area contributed by atoms with E-state index < -0.39 is 17.8 Å². The first-order valence-electron chi connectivity index (χ1n) is 12.2. The van der Waals surface area contributed by atoms with E-state index in [0.29, 0.717) is 29.9 Å². The van der Waals surface area contributed by atoms with Crippen LogP contribution in [0.3, 0.4) is 0 Å². The van der Waals surface area contributed by atoms with Gasteiger partial charge in [-0.05, 0) is 69.0 Å². The molecule has 0 aliphatic heterocycles. The molecule has 1 unspecified atom stereocenters. The van der Waals surface area contributed by atoms with E-state index in [1.165, 1.54) is 11.1 Å². The molecule has 0 saturated heterocycles. The average molecular weight is 451 g/mol. The largest absolute Gasteiger partial charge is 0.393 e. The van der Waals surface area contributed by atoms with Crippen molar-refractivity contribution in [2.75, 3.05) is 5.75 Å². The highest BCUT2D eigenvalue weighted by Crippen LogP contribution is 2.66. The molecule has 4 N–H and O–H groups in total. The molecule has 4 aliphatic carbocycles. The summed E-state index contributed by atoms with van der Waals surface area (Å²) in [5.41, 5.74) is 1.74. The molecule has 4 aliphatic rings. The number of aliphatic hydroxyl groups is 4. The Labute approximate surface area is 192 Å². The van der Waals surface area contributed by atoms with Crippen LogP contribution >= 0.6 is 11.8 Å². The molecule has 0 spiro atoms. The maximum atomic E-state index is 11.2. The van der Waals surface area contributed by atoms with Crippen LogP contribution in [0.15, 0.2) is 23.3 Å². The molecule has 0 amide bonds. The van der Waals surface area contributed by atoms with E-state index >= 15 is 0 Å². The van der Waals surface area contributed by atoms with Gasteiger partial charge in [0, 0.05) is 23.0 Å². The van der Waals surface area contributed by atoms with Crippen LogP contribution in [0.5, 0.6) is 0 Å². The summed E-state index contributed by atoms with van der Waals surface area (Å²) < 4.78 is 0. The number of rotatable bonds is 5. The molecule has 0 aromatic rings. The van der Waals surface area contributed by atoms with Gasteiger partial charge in [0.2, 0.25) is 0 Å². The molecule has 0 aromatic carbocycles. The SMILES string of the molecule is CC(SCCC(C)(C)O)[C@H]1[C@H](O)C[C@H]2C3=CC=C4C[C@@H](O)C[C@H](O)[C@]4(C)[C@H]3CC[C@@]21C. The summed E-state index contributed by atoms with van der Waals surface area (Å²) in [6, 6.07) is 0. The van der Waals surface area contributed by atoms with E-state index in [-0.39, 0.29) is 22.9 Å². The zero-order valence-electron chi connectivity index (χ0n) is 19.8. The Hall–Kier alpha value is -0.330. The Kier molecular flexibility index (Phi) is 6.27. The number of fused-ring (bicyclic) bond motifs is 5. The van der Waals surface area contributed by atoms with Gasteiger partial charge in [-0.1, -0.05) is 44.1 Å². The van der Waals surface area contributed by atoms with Crippen LogP contribution in [-0.2, 0) is 0 Å². The average Bonchev–Trinajstić information content (AvgIpc) is 2.92. The summed E-state index contributed by atoms with van der Waals surface area (Å²) in [6.07, 6.45) is 7.95. The molecule has 0 aromatic heterocycles. The molecule has 176 valence electrons. The predicted molar refractivity (Wildman–Crippen MR) is 127 cm³/mol. The van der Waals surface area contributed by atoms with E-state index in [2.05, 4.69) is 32.9 Å². The van der Waals surface area contributed by atoms with Gasteiger partial charge in [0.15, 0.2) is 0 Å². The molecule has 4 nitrogen and oxygen atoms in total. The van der Waals surface area contributed by atoms with Gasteiger partial charge in [0.05, 0.1) is 23.9 Å². The fourth-order valence-electron chi connectivity index (χ4n) is 7.55.